The van der Waals surface area contributed by atoms with Crippen LogP contribution in [0.5, 0.6) is 0 Å². The number of rotatable bonds is 51. The Morgan fingerprint density at radius 3 is 0.956 bits per heavy atom. The maximum Gasteiger partial charge on any atom is 0.306 e. The molecule has 0 bridgehead atoms. The molecule has 6 nitrogen and oxygen atoms in total. The lowest BCUT2D eigenvalue weighted by atomic mass is 10.0. The summed E-state index contributed by atoms with van der Waals surface area (Å²) in [4.78, 5) is 38.2. The van der Waals surface area contributed by atoms with E-state index >= 15 is 0 Å². The summed E-state index contributed by atoms with van der Waals surface area (Å²) < 4.78 is 16.8. The third-order valence-electron chi connectivity index (χ3n) is 12.3. The first-order valence-corrected chi connectivity index (χ1v) is 28.7. The number of esters is 3. The van der Waals surface area contributed by atoms with E-state index in [4.69, 9.17) is 14.2 Å². The lowest BCUT2D eigenvalue weighted by Crippen LogP contribution is -2.30. The van der Waals surface area contributed by atoms with Crippen molar-refractivity contribution in [2.45, 2.75) is 277 Å². The van der Waals surface area contributed by atoms with Gasteiger partial charge < -0.3 is 14.2 Å². The van der Waals surface area contributed by atoms with Crippen LogP contribution in [0.3, 0.4) is 0 Å². The van der Waals surface area contributed by atoms with E-state index in [-0.39, 0.29) is 31.1 Å². The van der Waals surface area contributed by atoms with Crippen molar-refractivity contribution in [1.29, 1.82) is 0 Å². The van der Waals surface area contributed by atoms with Gasteiger partial charge in [-0.25, -0.2) is 0 Å². The fraction of sp³-hybridized carbons (Fsp3) is 0.726. The Balaban J connectivity index is 4.46. The van der Waals surface area contributed by atoms with Crippen molar-refractivity contribution in [2.75, 3.05) is 13.2 Å². The molecule has 0 heterocycles. The van der Waals surface area contributed by atoms with Gasteiger partial charge in [0.1, 0.15) is 13.2 Å². The zero-order chi connectivity index (χ0) is 49.3. The van der Waals surface area contributed by atoms with E-state index in [1.165, 1.54) is 161 Å². The Kier molecular flexibility index (Phi) is 53.4. The van der Waals surface area contributed by atoms with Gasteiger partial charge in [-0.15, -0.1) is 0 Å². The van der Waals surface area contributed by atoms with Crippen molar-refractivity contribution in [1.82, 2.24) is 0 Å². The van der Waals surface area contributed by atoms with Crippen molar-refractivity contribution < 1.29 is 28.6 Å². The number of unbranched alkanes of at least 4 members (excludes halogenated alkanes) is 31. The molecule has 0 aromatic rings. The molecule has 1 unspecified atom stereocenters. The molecule has 390 valence electrons. The highest BCUT2D eigenvalue weighted by atomic mass is 16.6. The number of ether oxygens (including phenoxy) is 3. The summed E-state index contributed by atoms with van der Waals surface area (Å²) in [5, 5.41) is 0. The average Bonchev–Trinajstić information content (AvgIpc) is 3.34. The monoisotopic (exact) mass is 947 g/mol. The van der Waals surface area contributed by atoms with Crippen LogP contribution in [-0.2, 0) is 28.6 Å². The van der Waals surface area contributed by atoms with E-state index in [0.717, 1.165) is 70.6 Å². The normalized spacial score (nSPS) is 12.7. The van der Waals surface area contributed by atoms with Crippen molar-refractivity contribution in [3.63, 3.8) is 0 Å². The first-order valence-electron chi connectivity index (χ1n) is 28.7. The topological polar surface area (TPSA) is 78.9 Å². The van der Waals surface area contributed by atoms with Crippen LogP contribution in [0.2, 0.25) is 0 Å². The standard InChI is InChI=1S/C62H106O6/c1-4-7-10-13-16-19-22-25-28-31-34-37-40-43-46-49-52-55-61(64)67-58-59(57-66-60(63)54-51-48-45-42-39-36-33-30-27-24-21-18-15-12-9-6-3)68-62(65)56-53-50-47-44-41-38-35-32-29-26-23-20-17-14-11-8-5-2/h7,10,13,16,19,22,25-26,28-29,31,34,37,40,59H,4-6,8-9,11-12,14-15,17-18,20-21,23-24,27,30,32-33,35-36,38-39,41-58H2,1-3H3/b10-7-,16-13-,22-19-,28-25-,29-26-,34-31+,40-37-. The van der Waals surface area contributed by atoms with Crippen LogP contribution in [0.4, 0.5) is 0 Å². The second-order valence-electron chi connectivity index (χ2n) is 19.0. The fourth-order valence-corrected chi connectivity index (χ4v) is 8.00. The minimum absolute atomic E-state index is 0.0908. The molecule has 6 heteroatoms. The van der Waals surface area contributed by atoms with Crippen LogP contribution >= 0.6 is 0 Å². The van der Waals surface area contributed by atoms with Crippen LogP contribution in [0.25, 0.3) is 0 Å². The summed E-state index contributed by atoms with van der Waals surface area (Å²) in [5.41, 5.74) is 0. The van der Waals surface area contributed by atoms with E-state index in [1.807, 2.05) is 60.8 Å². The van der Waals surface area contributed by atoms with Crippen LogP contribution in [-0.4, -0.2) is 37.2 Å². The van der Waals surface area contributed by atoms with Gasteiger partial charge in [-0.1, -0.05) is 273 Å². The zero-order valence-electron chi connectivity index (χ0n) is 44.6. The summed E-state index contributed by atoms with van der Waals surface area (Å²) in [6.45, 7) is 6.47. The lowest BCUT2D eigenvalue weighted by Gasteiger charge is -2.18. The molecule has 0 saturated heterocycles. The van der Waals surface area contributed by atoms with Crippen LogP contribution in [0.1, 0.15) is 271 Å². The number of carbonyl (C=O) groups is 3. The summed E-state index contributed by atoms with van der Waals surface area (Å²) in [6.07, 6.45) is 72.8. The third-order valence-corrected chi connectivity index (χ3v) is 12.3. The van der Waals surface area contributed by atoms with Gasteiger partial charge >= 0.3 is 17.9 Å². The molecular formula is C62H106O6. The molecule has 0 aliphatic rings. The quantitative estimate of drug-likeness (QED) is 0.0199. The largest absolute Gasteiger partial charge is 0.462 e. The number of hydrogen-bond donors (Lipinski definition) is 0. The summed E-state index contributed by atoms with van der Waals surface area (Å²) in [6, 6.07) is 0. The molecule has 0 spiro atoms. The summed E-state index contributed by atoms with van der Waals surface area (Å²) >= 11 is 0. The minimum atomic E-state index is -0.796. The van der Waals surface area contributed by atoms with Gasteiger partial charge in [0.25, 0.3) is 0 Å². The van der Waals surface area contributed by atoms with Crippen molar-refractivity contribution in [3.05, 3.63) is 85.1 Å². The fourth-order valence-electron chi connectivity index (χ4n) is 8.00. The molecule has 0 radical (unpaired) electrons. The van der Waals surface area contributed by atoms with Gasteiger partial charge in [-0.3, -0.25) is 14.4 Å². The minimum Gasteiger partial charge on any atom is -0.462 e. The highest BCUT2D eigenvalue weighted by molar-refractivity contribution is 5.71. The van der Waals surface area contributed by atoms with E-state index in [2.05, 4.69) is 45.1 Å². The van der Waals surface area contributed by atoms with Gasteiger partial charge in [0.05, 0.1) is 0 Å². The second-order valence-corrected chi connectivity index (χ2v) is 19.0. The Labute approximate surface area is 420 Å². The average molecular weight is 948 g/mol. The Morgan fingerprint density at radius 2 is 0.588 bits per heavy atom. The SMILES string of the molecule is CC\C=C/C=C\C=C/C=C\C=C\C=C/CCCCCC(=O)OCC(COC(=O)CCCCCCCCCCCCCCCCCC)OC(=O)CCCCCCCCC/C=C\CCCCCCCC. The molecule has 0 amide bonds. The molecule has 1 atom stereocenters. The molecule has 0 aromatic carbocycles. The summed E-state index contributed by atoms with van der Waals surface area (Å²) in [7, 11) is 0. The van der Waals surface area contributed by atoms with Gasteiger partial charge in [-0.2, -0.15) is 0 Å². The highest BCUT2D eigenvalue weighted by Gasteiger charge is 2.19. The van der Waals surface area contributed by atoms with Gasteiger partial charge in [-0.05, 0) is 64.2 Å². The van der Waals surface area contributed by atoms with Gasteiger partial charge in [0, 0.05) is 19.3 Å². The Hall–Kier alpha value is -3.41. The maximum atomic E-state index is 12.9. The number of allylic oxidation sites excluding steroid dienone is 14. The predicted molar refractivity (Wildman–Crippen MR) is 293 cm³/mol. The van der Waals surface area contributed by atoms with Gasteiger partial charge in [0.2, 0.25) is 0 Å². The molecule has 0 rings (SSSR count). The zero-order valence-corrected chi connectivity index (χ0v) is 44.6. The van der Waals surface area contributed by atoms with Crippen molar-refractivity contribution in [3.8, 4) is 0 Å². The molecule has 68 heavy (non-hydrogen) atoms. The van der Waals surface area contributed by atoms with Crippen LogP contribution in [0.15, 0.2) is 85.1 Å². The van der Waals surface area contributed by atoms with Crippen LogP contribution < -0.4 is 0 Å². The molecule has 0 aromatic heterocycles. The van der Waals surface area contributed by atoms with E-state index in [9.17, 15) is 14.4 Å². The Bertz CT molecular complexity index is 1320. The Morgan fingerprint density at radius 1 is 0.309 bits per heavy atom. The summed E-state index contributed by atoms with van der Waals surface area (Å²) in [5.74, 6) is -0.932. The number of hydrogen-bond acceptors (Lipinski definition) is 6. The van der Waals surface area contributed by atoms with Crippen LogP contribution in [0, 0.1) is 0 Å². The first kappa shape index (κ1) is 64.6. The molecule has 0 saturated carbocycles. The first-order chi connectivity index (χ1) is 33.5. The predicted octanol–water partition coefficient (Wildman–Crippen LogP) is 19.2. The second kappa shape index (κ2) is 56.2. The molecule has 0 aliphatic carbocycles. The third kappa shape index (κ3) is 53.5. The molecule has 0 N–H and O–H groups in total. The lowest BCUT2D eigenvalue weighted by molar-refractivity contribution is -0.167. The van der Waals surface area contributed by atoms with Crippen molar-refractivity contribution >= 4 is 17.9 Å². The number of carbonyl (C=O) groups excluding carboxylic acids is 3. The van der Waals surface area contributed by atoms with E-state index < -0.39 is 6.10 Å². The maximum absolute atomic E-state index is 12.9. The smallest absolute Gasteiger partial charge is 0.306 e. The molecule has 0 fully saturated rings. The van der Waals surface area contributed by atoms with Crippen molar-refractivity contribution in [2.24, 2.45) is 0 Å². The van der Waals surface area contributed by atoms with Gasteiger partial charge in [0.15, 0.2) is 6.10 Å². The highest BCUT2D eigenvalue weighted by Crippen LogP contribution is 2.16. The van der Waals surface area contributed by atoms with E-state index in [1.54, 1.807) is 0 Å². The van der Waals surface area contributed by atoms with E-state index in [0.29, 0.717) is 19.3 Å². The molecular weight excluding hydrogens is 841 g/mol. The molecule has 0 aliphatic heterocycles.